The first-order valence-electron chi connectivity index (χ1n) is 6.20. The lowest BCUT2D eigenvalue weighted by Gasteiger charge is -2.07. The lowest BCUT2D eigenvalue weighted by Crippen LogP contribution is -2.01. The number of nitrogens with one attached hydrogen (secondary N) is 1. The van der Waals surface area contributed by atoms with Gasteiger partial charge >= 0.3 is 0 Å². The van der Waals surface area contributed by atoms with Crippen LogP contribution in [0, 0.1) is 0 Å². The van der Waals surface area contributed by atoms with Gasteiger partial charge in [-0.25, -0.2) is 0 Å². The summed E-state index contributed by atoms with van der Waals surface area (Å²) in [5.41, 5.74) is 2.10. The van der Waals surface area contributed by atoms with Crippen molar-refractivity contribution in [3.05, 3.63) is 41.2 Å². The summed E-state index contributed by atoms with van der Waals surface area (Å²) >= 11 is 6.09. The highest BCUT2D eigenvalue weighted by molar-refractivity contribution is 6.32. The van der Waals surface area contributed by atoms with E-state index in [2.05, 4.69) is 24.3 Å². The molecule has 102 valence electrons. The average molecular weight is 280 g/mol. The Bertz CT molecular complexity index is 551. The monoisotopic (exact) mass is 279 g/mol. The number of ether oxygens (including phenoxy) is 1. The fraction of sp³-hybridized carbons (Fsp3) is 0.357. The van der Waals surface area contributed by atoms with E-state index in [0.29, 0.717) is 23.4 Å². The van der Waals surface area contributed by atoms with E-state index in [1.165, 1.54) is 0 Å². The number of anilines is 1. The molecule has 5 heteroatoms. The molecule has 1 aromatic carbocycles. The number of aromatic nitrogens is 2. The summed E-state index contributed by atoms with van der Waals surface area (Å²) in [4.78, 5) is 0. The van der Waals surface area contributed by atoms with Crippen LogP contribution in [-0.4, -0.2) is 16.9 Å². The molecule has 2 aromatic rings. The molecule has 0 aliphatic carbocycles. The van der Waals surface area contributed by atoms with Crippen LogP contribution in [-0.2, 0) is 6.54 Å². The van der Waals surface area contributed by atoms with Crippen molar-refractivity contribution in [3.8, 4) is 5.75 Å². The van der Waals surface area contributed by atoms with E-state index in [0.717, 1.165) is 11.3 Å². The van der Waals surface area contributed by atoms with Gasteiger partial charge in [0.15, 0.2) is 0 Å². The van der Waals surface area contributed by atoms with E-state index < -0.39 is 0 Å². The van der Waals surface area contributed by atoms with Gasteiger partial charge in [-0.2, -0.15) is 5.10 Å². The second-order valence-corrected chi connectivity index (χ2v) is 5.03. The minimum Gasteiger partial charge on any atom is -0.495 e. The number of hydrogen-bond acceptors (Lipinski definition) is 3. The van der Waals surface area contributed by atoms with Crippen molar-refractivity contribution in [2.75, 3.05) is 12.4 Å². The molecule has 0 radical (unpaired) electrons. The van der Waals surface area contributed by atoms with Crippen LogP contribution in [0.4, 0.5) is 5.69 Å². The van der Waals surface area contributed by atoms with Gasteiger partial charge in [0.05, 0.1) is 24.0 Å². The third-order valence-electron chi connectivity index (χ3n) is 2.84. The van der Waals surface area contributed by atoms with Crippen LogP contribution in [0.3, 0.4) is 0 Å². The summed E-state index contributed by atoms with van der Waals surface area (Å²) in [6, 6.07) is 6.13. The van der Waals surface area contributed by atoms with Gasteiger partial charge in [-0.15, -0.1) is 0 Å². The first-order chi connectivity index (χ1) is 9.10. The zero-order valence-corrected chi connectivity index (χ0v) is 12.1. The highest BCUT2D eigenvalue weighted by Gasteiger charge is 2.04. The molecule has 0 bridgehead atoms. The molecule has 0 aliphatic heterocycles. The van der Waals surface area contributed by atoms with Gasteiger partial charge in [-0.1, -0.05) is 17.7 Å². The SMILES string of the molecule is COc1ccc(CNc2cnn(C(C)C)c2)cc1Cl. The summed E-state index contributed by atoms with van der Waals surface area (Å²) in [6.45, 7) is 4.90. The van der Waals surface area contributed by atoms with Crippen LogP contribution in [0.25, 0.3) is 0 Å². The van der Waals surface area contributed by atoms with Crippen molar-refractivity contribution in [1.29, 1.82) is 0 Å². The van der Waals surface area contributed by atoms with E-state index in [-0.39, 0.29) is 0 Å². The van der Waals surface area contributed by atoms with Gasteiger partial charge in [0, 0.05) is 18.8 Å². The van der Waals surface area contributed by atoms with Gasteiger partial charge in [0.25, 0.3) is 0 Å². The number of halogens is 1. The molecular formula is C14H18ClN3O. The van der Waals surface area contributed by atoms with Crippen LogP contribution in [0.1, 0.15) is 25.5 Å². The van der Waals surface area contributed by atoms with Gasteiger partial charge in [0.2, 0.25) is 0 Å². The van der Waals surface area contributed by atoms with Crippen LogP contribution in [0.15, 0.2) is 30.6 Å². The number of benzene rings is 1. The van der Waals surface area contributed by atoms with Crippen molar-refractivity contribution >= 4 is 17.3 Å². The molecule has 0 spiro atoms. The van der Waals surface area contributed by atoms with Gasteiger partial charge in [-0.3, -0.25) is 4.68 Å². The molecule has 2 rings (SSSR count). The Balaban J connectivity index is 1.99. The molecular weight excluding hydrogens is 262 g/mol. The maximum absolute atomic E-state index is 6.09. The second kappa shape index (κ2) is 5.97. The molecule has 0 atom stereocenters. The second-order valence-electron chi connectivity index (χ2n) is 4.63. The highest BCUT2D eigenvalue weighted by atomic mass is 35.5. The number of methoxy groups -OCH3 is 1. The van der Waals surface area contributed by atoms with Crippen molar-refractivity contribution < 1.29 is 4.74 Å². The van der Waals surface area contributed by atoms with E-state index in [4.69, 9.17) is 16.3 Å². The molecule has 4 nitrogen and oxygen atoms in total. The van der Waals surface area contributed by atoms with Crippen molar-refractivity contribution in [2.24, 2.45) is 0 Å². The molecule has 1 heterocycles. The summed E-state index contributed by atoms with van der Waals surface area (Å²) in [5.74, 6) is 0.693. The third kappa shape index (κ3) is 3.41. The molecule has 1 aromatic heterocycles. The Morgan fingerprint density at radius 2 is 2.21 bits per heavy atom. The summed E-state index contributed by atoms with van der Waals surface area (Å²) in [5, 5.41) is 8.22. The van der Waals surface area contributed by atoms with Gasteiger partial charge in [-0.05, 0) is 31.5 Å². The predicted octanol–water partition coefficient (Wildman–Crippen LogP) is 3.74. The minimum absolute atomic E-state index is 0.367. The number of nitrogens with zero attached hydrogens (tertiary/aromatic N) is 2. The van der Waals surface area contributed by atoms with E-state index in [1.54, 1.807) is 7.11 Å². The highest BCUT2D eigenvalue weighted by Crippen LogP contribution is 2.25. The molecule has 0 amide bonds. The molecule has 0 saturated carbocycles. The molecule has 1 N–H and O–H groups in total. The van der Waals surface area contributed by atoms with Crippen molar-refractivity contribution in [3.63, 3.8) is 0 Å². The smallest absolute Gasteiger partial charge is 0.137 e. The molecule has 0 unspecified atom stereocenters. The van der Waals surface area contributed by atoms with E-state index >= 15 is 0 Å². The Labute approximate surface area is 118 Å². The normalized spacial score (nSPS) is 10.8. The van der Waals surface area contributed by atoms with Crippen molar-refractivity contribution in [2.45, 2.75) is 26.4 Å². The lowest BCUT2D eigenvalue weighted by atomic mass is 10.2. The zero-order chi connectivity index (χ0) is 13.8. The lowest BCUT2D eigenvalue weighted by molar-refractivity contribution is 0.415. The standard InChI is InChI=1S/C14H18ClN3O/c1-10(2)18-9-12(8-17-18)16-7-11-4-5-14(19-3)13(15)6-11/h4-6,8-10,16H,7H2,1-3H3. The van der Waals surface area contributed by atoms with Crippen molar-refractivity contribution in [1.82, 2.24) is 9.78 Å². The fourth-order valence-electron chi connectivity index (χ4n) is 1.74. The molecule has 0 fully saturated rings. The van der Waals surface area contributed by atoms with E-state index in [1.807, 2.05) is 35.3 Å². The predicted molar refractivity (Wildman–Crippen MR) is 77.9 cm³/mol. The largest absolute Gasteiger partial charge is 0.495 e. The zero-order valence-electron chi connectivity index (χ0n) is 11.4. The average Bonchev–Trinajstić information content (AvgIpc) is 2.85. The Morgan fingerprint density at radius 3 is 2.79 bits per heavy atom. The van der Waals surface area contributed by atoms with Crippen LogP contribution in [0.2, 0.25) is 5.02 Å². The van der Waals surface area contributed by atoms with Gasteiger partial charge < -0.3 is 10.1 Å². The summed E-state index contributed by atoms with van der Waals surface area (Å²) < 4.78 is 7.05. The molecule has 0 aliphatic rings. The number of hydrogen-bond donors (Lipinski definition) is 1. The van der Waals surface area contributed by atoms with E-state index in [9.17, 15) is 0 Å². The molecule has 19 heavy (non-hydrogen) atoms. The minimum atomic E-state index is 0.367. The Morgan fingerprint density at radius 1 is 1.42 bits per heavy atom. The summed E-state index contributed by atoms with van der Waals surface area (Å²) in [7, 11) is 1.61. The van der Waals surface area contributed by atoms with Crippen LogP contribution in [0.5, 0.6) is 5.75 Å². The maximum atomic E-state index is 6.09. The molecule has 0 saturated heterocycles. The Hall–Kier alpha value is -1.68. The van der Waals surface area contributed by atoms with Crippen LogP contribution >= 0.6 is 11.6 Å². The summed E-state index contributed by atoms with van der Waals surface area (Å²) in [6.07, 6.45) is 3.82. The quantitative estimate of drug-likeness (QED) is 0.906. The number of rotatable bonds is 5. The Kier molecular flexibility index (Phi) is 4.32. The topological polar surface area (TPSA) is 39.1 Å². The fourth-order valence-corrected chi connectivity index (χ4v) is 2.02. The first kappa shape index (κ1) is 13.7. The third-order valence-corrected chi connectivity index (χ3v) is 3.14. The van der Waals surface area contributed by atoms with Gasteiger partial charge in [0.1, 0.15) is 5.75 Å². The van der Waals surface area contributed by atoms with Crippen LogP contribution < -0.4 is 10.1 Å². The maximum Gasteiger partial charge on any atom is 0.137 e. The first-order valence-corrected chi connectivity index (χ1v) is 6.58.